The number of benzene rings is 1. The lowest BCUT2D eigenvalue weighted by molar-refractivity contribution is -0.162. The monoisotopic (exact) mass is 867 g/mol. The Bertz CT molecular complexity index is 1830. The number of ether oxygens (including phenoxy) is 1. The fourth-order valence-electron chi connectivity index (χ4n) is 10.4. The predicted octanol–water partition coefficient (Wildman–Crippen LogP) is 15.2. The van der Waals surface area contributed by atoms with Crippen molar-refractivity contribution in [2.45, 2.75) is 218 Å². The molecule has 0 saturated heterocycles. The second-order valence-electron chi connectivity index (χ2n) is 21.9. The van der Waals surface area contributed by atoms with Gasteiger partial charge in [0.25, 0.3) is 0 Å². The first kappa shape index (κ1) is 52.2. The van der Waals surface area contributed by atoms with Crippen molar-refractivity contribution in [3.05, 3.63) is 41.0 Å². The third-order valence-corrected chi connectivity index (χ3v) is 15.0. The topological polar surface area (TPSA) is 96.4 Å². The molecule has 352 valence electrons. The van der Waals surface area contributed by atoms with E-state index < -0.39 is 5.97 Å². The van der Waals surface area contributed by atoms with Gasteiger partial charge in [0.05, 0.1) is 5.69 Å². The van der Waals surface area contributed by atoms with Gasteiger partial charge in [-0.05, 0) is 103 Å². The molecule has 0 radical (unpaired) electrons. The zero-order chi connectivity index (χ0) is 46.6. The summed E-state index contributed by atoms with van der Waals surface area (Å²) in [5.74, 6) is 3.45. The van der Waals surface area contributed by atoms with Crippen molar-refractivity contribution in [1.82, 2.24) is 14.8 Å². The number of fused-ring (bicyclic) bond motifs is 1. The van der Waals surface area contributed by atoms with E-state index in [4.69, 9.17) is 19.8 Å². The molecule has 2 heterocycles. The molecule has 1 aromatic carbocycles. The first-order chi connectivity index (χ1) is 29.9. The smallest absolute Gasteiger partial charge is 0.343 e. The van der Waals surface area contributed by atoms with Gasteiger partial charge in [-0.1, -0.05) is 155 Å². The second kappa shape index (κ2) is 23.6. The Morgan fingerprint density at radius 3 is 1.89 bits per heavy atom. The zero-order valence-electron chi connectivity index (χ0n) is 42.9. The summed E-state index contributed by atoms with van der Waals surface area (Å²) in [6.07, 6.45) is 16.4. The molecule has 2 aromatic rings. The minimum Gasteiger partial charge on any atom is -0.458 e. The van der Waals surface area contributed by atoms with E-state index in [2.05, 4.69) is 133 Å². The molecule has 0 spiro atoms. The Labute approximate surface area is 385 Å². The third kappa shape index (κ3) is 13.1. The molecule has 2 aliphatic rings. The predicted molar refractivity (Wildman–Crippen MR) is 266 cm³/mol. The van der Waals surface area contributed by atoms with Crippen molar-refractivity contribution < 1.29 is 9.53 Å². The number of hydrogen-bond acceptors (Lipinski definition) is 7. The SMILES string of the molecule is CCCCC(CC)CN(CC(CC)CCCC)c1ccc(N=C2C(C#N)=C(C(=O)OC3C(C(C)(C)C)CC(C)CC3C(C)(C)C)c3nc(C(CC)CCCC)nn32)c(C(C)CC)c1. The summed E-state index contributed by atoms with van der Waals surface area (Å²) in [6.45, 7) is 36.2. The summed E-state index contributed by atoms with van der Waals surface area (Å²) in [6, 6.07) is 9.22. The Balaban J connectivity index is 1.92. The van der Waals surface area contributed by atoms with E-state index in [1.807, 2.05) is 0 Å². The number of allylic oxidation sites excluding steroid dienone is 1. The van der Waals surface area contributed by atoms with Crippen LogP contribution in [0.3, 0.4) is 0 Å². The van der Waals surface area contributed by atoms with Crippen LogP contribution in [-0.2, 0) is 9.53 Å². The number of nitrogens with zero attached hydrogens (tertiary/aromatic N) is 6. The molecule has 1 fully saturated rings. The quantitative estimate of drug-likeness (QED) is 0.103. The summed E-state index contributed by atoms with van der Waals surface area (Å²) in [5.41, 5.74) is 3.44. The lowest BCUT2D eigenvalue weighted by Gasteiger charge is -2.50. The highest BCUT2D eigenvalue weighted by molar-refractivity contribution is 6.29. The average molecular weight is 867 g/mol. The average Bonchev–Trinajstić information content (AvgIpc) is 3.79. The minimum absolute atomic E-state index is 0.0767. The van der Waals surface area contributed by atoms with Crippen molar-refractivity contribution in [2.75, 3.05) is 18.0 Å². The molecule has 8 nitrogen and oxygen atoms in total. The number of aliphatic imine (C=N–C) groups is 1. The number of hydrogen-bond donors (Lipinski definition) is 0. The highest BCUT2D eigenvalue weighted by Crippen LogP contribution is 2.50. The number of unbranched alkanes of at least 4 members (excludes halogenated alkanes) is 3. The van der Waals surface area contributed by atoms with E-state index >= 15 is 4.79 Å². The van der Waals surface area contributed by atoms with E-state index in [1.54, 1.807) is 4.68 Å². The van der Waals surface area contributed by atoms with Crippen molar-refractivity contribution in [3.63, 3.8) is 0 Å². The number of rotatable bonds is 23. The number of carbonyl (C=O) groups excluding carboxylic acids is 1. The number of esters is 1. The van der Waals surface area contributed by atoms with Crippen LogP contribution in [0.5, 0.6) is 0 Å². The first-order valence-electron chi connectivity index (χ1n) is 25.7. The zero-order valence-corrected chi connectivity index (χ0v) is 42.9. The molecule has 1 aliphatic carbocycles. The minimum atomic E-state index is -0.489. The van der Waals surface area contributed by atoms with Gasteiger partial charge >= 0.3 is 5.97 Å². The molecule has 0 amide bonds. The van der Waals surface area contributed by atoms with Gasteiger partial charge in [-0.15, -0.1) is 5.10 Å². The third-order valence-electron chi connectivity index (χ3n) is 15.0. The van der Waals surface area contributed by atoms with Crippen LogP contribution in [0.4, 0.5) is 11.4 Å². The van der Waals surface area contributed by atoms with Crippen LogP contribution in [0.15, 0.2) is 28.8 Å². The molecule has 6 unspecified atom stereocenters. The van der Waals surface area contributed by atoms with Crippen LogP contribution >= 0.6 is 0 Å². The fourth-order valence-corrected chi connectivity index (χ4v) is 10.4. The lowest BCUT2D eigenvalue weighted by atomic mass is 9.59. The fraction of sp³-hybridized carbons (Fsp3) is 0.764. The van der Waals surface area contributed by atoms with Gasteiger partial charge in [0.2, 0.25) is 0 Å². The number of nitriles is 1. The molecule has 1 aliphatic heterocycles. The summed E-state index contributed by atoms with van der Waals surface area (Å²) in [4.78, 5) is 28.2. The number of anilines is 1. The molecular formula is C55H90N6O2. The molecule has 4 rings (SSSR count). The number of aromatic nitrogens is 3. The van der Waals surface area contributed by atoms with Gasteiger partial charge in [-0.25, -0.2) is 14.8 Å². The molecule has 1 aromatic heterocycles. The molecule has 6 atom stereocenters. The molecule has 0 bridgehead atoms. The van der Waals surface area contributed by atoms with Crippen LogP contribution in [0.2, 0.25) is 0 Å². The molecule has 0 N–H and O–H groups in total. The van der Waals surface area contributed by atoms with Crippen molar-refractivity contribution in [3.8, 4) is 6.07 Å². The van der Waals surface area contributed by atoms with Crippen LogP contribution in [-0.4, -0.2) is 45.8 Å². The van der Waals surface area contributed by atoms with E-state index in [1.165, 1.54) is 57.1 Å². The second-order valence-corrected chi connectivity index (χ2v) is 21.9. The summed E-state index contributed by atoms with van der Waals surface area (Å²) < 4.78 is 8.51. The highest BCUT2D eigenvalue weighted by atomic mass is 16.5. The van der Waals surface area contributed by atoms with Gasteiger partial charge in [0, 0.05) is 36.5 Å². The standard InChI is InChI=1S/C55H90N6O2/c1-16-23-26-39(20-5)35-60(36-40(21-6)27-24-17-2)42-29-30-47(43(33-42)38(9)19-4)57-51-44(34-56)48(52-58-50(59-61(51)52)41(22-7)28-25-18-3)53(62)63-49-45(54(10,11)12)31-37(8)32-46(49)55(13,14)15/h29-30,33,37-41,45-46,49H,16-28,31-32,35-36H2,1-15H3. The number of carbonyl (C=O) groups is 1. The Morgan fingerprint density at radius 2 is 1.41 bits per heavy atom. The Morgan fingerprint density at radius 1 is 0.857 bits per heavy atom. The van der Waals surface area contributed by atoms with E-state index in [0.717, 1.165) is 69.3 Å². The summed E-state index contributed by atoms with van der Waals surface area (Å²) in [5, 5.41) is 16.2. The van der Waals surface area contributed by atoms with E-state index in [0.29, 0.717) is 35.2 Å². The van der Waals surface area contributed by atoms with Gasteiger partial charge in [-0.2, -0.15) is 9.94 Å². The van der Waals surface area contributed by atoms with Crippen molar-refractivity contribution in [2.24, 2.45) is 45.4 Å². The first-order valence-corrected chi connectivity index (χ1v) is 25.7. The summed E-state index contributed by atoms with van der Waals surface area (Å²) in [7, 11) is 0. The Hall–Kier alpha value is -3.47. The van der Waals surface area contributed by atoms with Crippen LogP contribution in [0.25, 0.3) is 5.57 Å². The van der Waals surface area contributed by atoms with Gasteiger partial charge in [-0.3, -0.25) is 0 Å². The lowest BCUT2D eigenvalue weighted by Crippen LogP contribution is -2.49. The van der Waals surface area contributed by atoms with Crippen molar-refractivity contribution >= 4 is 28.8 Å². The summed E-state index contributed by atoms with van der Waals surface area (Å²) >= 11 is 0. The van der Waals surface area contributed by atoms with E-state index in [9.17, 15) is 5.26 Å². The molecular weight excluding hydrogens is 777 g/mol. The van der Waals surface area contributed by atoms with Gasteiger partial charge in [0.1, 0.15) is 23.3 Å². The maximum Gasteiger partial charge on any atom is 0.343 e. The molecule has 8 heteroatoms. The Kier molecular flexibility index (Phi) is 19.6. The largest absolute Gasteiger partial charge is 0.458 e. The highest BCUT2D eigenvalue weighted by Gasteiger charge is 2.49. The maximum absolute atomic E-state index is 15.0. The van der Waals surface area contributed by atoms with Crippen LogP contribution in [0.1, 0.15) is 229 Å². The van der Waals surface area contributed by atoms with Crippen molar-refractivity contribution in [1.29, 1.82) is 5.26 Å². The molecule has 63 heavy (non-hydrogen) atoms. The van der Waals surface area contributed by atoms with Gasteiger partial charge < -0.3 is 9.64 Å². The van der Waals surface area contributed by atoms with E-state index in [-0.39, 0.29) is 51.8 Å². The maximum atomic E-state index is 15.0. The molecule has 1 saturated carbocycles. The van der Waals surface area contributed by atoms with Crippen LogP contribution in [0, 0.1) is 51.8 Å². The van der Waals surface area contributed by atoms with Crippen LogP contribution < -0.4 is 4.90 Å². The normalized spacial score (nSPS) is 21.8. The van der Waals surface area contributed by atoms with Gasteiger partial charge in [0.15, 0.2) is 17.5 Å².